The van der Waals surface area contributed by atoms with Crippen molar-refractivity contribution in [2.24, 2.45) is 0 Å². The van der Waals surface area contributed by atoms with Crippen LogP contribution in [0, 0.1) is 11.6 Å². The van der Waals surface area contributed by atoms with Crippen molar-refractivity contribution >= 4 is 17.8 Å². The molecule has 13 heteroatoms. The van der Waals surface area contributed by atoms with E-state index in [0.717, 1.165) is 41.6 Å². The predicted molar refractivity (Wildman–Crippen MR) is 151 cm³/mol. The summed E-state index contributed by atoms with van der Waals surface area (Å²) in [5.41, 5.74) is -0.264. The molecule has 3 atom stereocenters. The number of ether oxygens (including phenoxy) is 2. The summed E-state index contributed by atoms with van der Waals surface area (Å²) >= 11 is 0. The summed E-state index contributed by atoms with van der Waals surface area (Å²) in [6.07, 6.45) is -2.62. The lowest BCUT2D eigenvalue weighted by Crippen LogP contribution is -2.56. The van der Waals surface area contributed by atoms with Gasteiger partial charge in [-0.05, 0) is 48.2 Å². The molecule has 2 N–H and O–H groups in total. The second kappa shape index (κ2) is 11.6. The summed E-state index contributed by atoms with van der Waals surface area (Å²) in [7, 11) is 2.79. The maximum absolute atomic E-state index is 15.3. The second-order valence-corrected chi connectivity index (χ2v) is 11.4. The highest BCUT2D eigenvalue weighted by molar-refractivity contribution is 6.02. The molecule has 1 aromatic heterocycles. The number of fused-ring (bicyclic) bond motifs is 1. The fourth-order valence-corrected chi connectivity index (χ4v) is 6.18. The Labute approximate surface area is 250 Å². The number of methoxy groups -OCH3 is 2. The van der Waals surface area contributed by atoms with Crippen LogP contribution in [0.2, 0.25) is 0 Å². The first-order valence-corrected chi connectivity index (χ1v) is 13.9. The monoisotopic (exact) mass is 618 g/mol. The zero-order chi connectivity index (χ0) is 32.0. The molecule has 0 saturated carbocycles. The van der Waals surface area contributed by atoms with Crippen LogP contribution in [0.3, 0.4) is 0 Å². The Morgan fingerprint density at radius 3 is 2.34 bits per heavy atom. The number of hydrogen-bond acceptors (Lipinski definition) is 5. The van der Waals surface area contributed by atoms with Gasteiger partial charge >= 0.3 is 12.2 Å². The van der Waals surface area contributed by atoms with E-state index in [-0.39, 0.29) is 5.75 Å². The first kappa shape index (κ1) is 31.0. The van der Waals surface area contributed by atoms with E-state index in [9.17, 15) is 22.8 Å². The van der Waals surface area contributed by atoms with Crippen molar-refractivity contribution < 1.29 is 41.0 Å². The van der Waals surface area contributed by atoms with Crippen molar-refractivity contribution in [2.75, 3.05) is 25.7 Å². The molecule has 3 amide bonds. The molecular formula is C31H31F5N4O4. The molecule has 5 rings (SSSR count). The average molecular weight is 619 g/mol. The van der Waals surface area contributed by atoms with Gasteiger partial charge in [0.2, 0.25) is 0 Å². The Morgan fingerprint density at radius 1 is 1.02 bits per heavy atom. The molecule has 2 aliphatic rings. The maximum Gasteiger partial charge on any atom is 0.419 e. The molecule has 3 aromatic rings. The number of nitrogens with zero attached hydrogens (tertiary/aromatic N) is 2. The summed E-state index contributed by atoms with van der Waals surface area (Å²) in [4.78, 5) is 31.6. The Kier molecular flexibility index (Phi) is 8.17. The molecule has 1 aliphatic heterocycles. The third-order valence-electron chi connectivity index (χ3n) is 8.49. The van der Waals surface area contributed by atoms with Crippen LogP contribution < -0.4 is 25.0 Å². The number of benzene rings is 2. The molecule has 1 fully saturated rings. The summed E-state index contributed by atoms with van der Waals surface area (Å²) in [5.74, 6) is -4.70. The van der Waals surface area contributed by atoms with Gasteiger partial charge in [-0.2, -0.15) is 13.2 Å². The molecule has 8 nitrogen and oxygen atoms in total. The first-order chi connectivity index (χ1) is 20.8. The standard InChI is InChI=1S/C31H31F5N4O4/c1-30(2)20-9-8-17(43-3)12-16(20)7-10-24(30)38-29(42)39-26-19(25-22(32)13-18(44-4)14-23(25)33)15-40(28(26)41)27-21(31(34,35)36)6-5-11-37-27/h5-6,8-9,11-14,19,24,26H,7,10,15H2,1-4H3,(H2,38,39,42)/t19-,24?,26-/m0/s1. The van der Waals surface area contributed by atoms with E-state index in [1.807, 2.05) is 32.0 Å². The number of aryl methyl sites for hydroxylation is 1. The van der Waals surface area contributed by atoms with Gasteiger partial charge < -0.3 is 20.1 Å². The molecule has 2 aromatic carbocycles. The zero-order valence-corrected chi connectivity index (χ0v) is 24.4. The summed E-state index contributed by atoms with van der Waals surface area (Å²) in [6.45, 7) is 3.33. The van der Waals surface area contributed by atoms with Crippen molar-refractivity contribution in [2.45, 2.75) is 56.3 Å². The SMILES string of the molecule is COc1cc(F)c([C@@H]2CN(c3ncccc3C(F)(F)F)C(=O)[C@H]2NC(=O)NC2CCc3cc(OC)ccc3C2(C)C)c(F)c1. The highest BCUT2D eigenvalue weighted by atomic mass is 19.4. The third-order valence-corrected chi connectivity index (χ3v) is 8.49. The Hall–Kier alpha value is -4.42. The van der Waals surface area contributed by atoms with E-state index in [1.165, 1.54) is 7.11 Å². The van der Waals surface area contributed by atoms with E-state index in [0.29, 0.717) is 23.5 Å². The lowest BCUT2D eigenvalue weighted by molar-refractivity contribution is -0.137. The van der Waals surface area contributed by atoms with Crippen LogP contribution in [0.4, 0.5) is 32.6 Å². The van der Waals surface area contributed by atoms with Crippen LogP contribution in [0.15, 0.2) is 48.7 Å². The largest absolute Gasteiger partial charge is 0.497 e. The molecule has 0 bridgehead atoms. The van der Waals surface area contributed by atoms with E-state index >= 15 is 8.78 Å². The number of anilines is 1. The van der Waals surface area contributed by atoms with Crippen LogP contribution in [0.25, 0.3) is 0 Å². The van der Waals surface area contributed by atoms with E-state index in [1.54, 1.807) is 7.11 Å². The Bertz CT molecular complexity index is 1570. The number of pyridine rings is 1. The fourth-order valence-electron chi connectivity index (χ4n) is 6.18. The minimum Gasteiger partial charge on any atom is -0.497 e. The summed E-state index contributed by atoms with van der Waals surface area (Å²) in [6, 6.07) is 6.49. The summed E-state index contributed by atoms with van der Waals surface area (Å²) < 4.78 is 82.3. The predicted octanol–water partition coefficient (Wildman–Crippen LogP) is 5.49. The van der Waals surface area contributed by atoms with Crippen LogP contribution in [0.1, 0.15) is 48.4 Å². The molecule has 0 radical (unpaired) electrons. The van der Waals surface area contributed by atoms with E-state index < -0.39 is 76.7 Å². The topological polar surface area (TPSA) is 92.8 Å². The van der Waals surface area contributed by atoms with Crippen LogP contribution >= 0.6 is 0 Å². The lowest BCUT2D eigenvalue weighted by atomic mass is 9.69. The number of urea groups is 1. The van der Waals surface area contributed by atoms with Crippen molar-refractivity contribution in [3.05, 3.63) is 82.5 Å². The third kappa shape index (κ3) is 5.62. The van der Waals surface area contributed by atoms with Gasteiger partial charge in [-0.1, -0.05) is 19.9 Å². The first-order valence-electron chi connectivity index (χ1n) is 13.9. The number of amides is 3. The Morgan fingerprint density at radius 2 is 1.70 bits per heavy atom. The van der Waals surface area contributed by atoms with Crippen LogP contribution in [-0.4, -0.2) is 49.8 Å². The normalized spacial score (nSPS) is 21.1. The van der Waals surface area contributed by atoms with Crippen LogP contribution in [-0.2, 0) is 22.8 Å². The minimum absolute atomic E-state index is 0.131. The minimum atomic E-state index is -4.87. The van der Waals surface area contributed by atoms with Gasteiger partial charge in [-0.15, -0.1) is 0 Å². The van der Waals surface area contributed by atoms with E-state index in [4.69, 9.17) is 9.47 Å². The molecular weight excluding hydrogens is 587 g/mol. The smallest absolute Gasteiger partial charge is 0.419 e. The van der Waals surface area contributed by atoms with Gasteiger partial charge in [-0.25, -0.2) is 18.6 Å². The van der Waals surface area contributed by atoms with Crippen molar-refractivity contribution in [3.8, 4) is 11.5 Å². The van der Waals surface area contributed by atoms with Gasteiger partial charge in [0, 0.05) is 47.8 Å². The Balaban J connectivity index is 1.46. The average Bonchev–Trinajstić information content (AvgIpc) is 3.28. The van der Waals surface area contributed by atoms with Crippen molar-refractivity contribution in [1.29, 1.82) is 0 Å². The van der Waals surface area contributed by atoms with Gasteiger partial charge in [-0.3, -0.25) is 9.69 Å². The highest BCUT2D eigenvalue weighted by Gasteiger charge is 2.48. The maximum atomic E-state index is 15.3. The van der Waals surface area contributed by atoms with Gasteiger partial charge in [0.15, 0.2) is 0 Å². The number of carbonyl (C=O) groups is 2. The lowest BCUT2D eigenvalue weighted by Gasteiger charge is -2.41. The van der Waals surface area contributed by atoms with Gasteiger partial charge in [0.1, 0.15) is 35.0 Å². The fraction of sp³-hybridized carbons (Fsp3) is 0.387. The van der Waals surface area contributed by atoms with Crippen molar-refractivity contribution in [1.82, 2.24) is 15.6 Å². The van der Waals surface area contributed by atoms with Crippen molar-refractivity contribution in [3.63, 3.8) is 0 Å². The number of hydrogen-bond donors (Lipinski definition) is 2. The highest BCUT2D eigenvalue weighted by Crippen LogP contribution is 2.41. The molecule has 0 spiro atoms. The molecule has 1 unspecified atom stereocenters. The second-order valence-electron chi connectivity index (χ2n) is 11.4. The number of aromatic nitrogens is 1. The summed E-state index contributed by atoms with van der Waals surface area (Å²) in [5, 5.41) is 5.39. The zero-order valence-electron chi connectivity index (χ0n) is 24.4. The number of alkyl halides is 3. The number of halogens is 5. The molecule has 44 heavy (non-hydrogen) atoms. The van der Waals surface area contributed by atoms with Gasteiger partial charge in [0.25, 0.3) is 5.91 Å². The molecule has 2 heterocycles. The molecule has 234 valence electrons. The van der Waals surface area contributed by atoms with Gasteiger partial charge in [0.05, 0.1) is 19.8 Å². The molecule has 1 aliphatic carbocycles. The molecule has 1 saturated heterocycles. The van der Waals surface area contributed by atoms with Crippen LogP contribution in [0.5, 0.6) is 11.5 Å². The number of carbonyl (C=O) groups excluding carboxylic acids is 2. The number of nitrogens with one attached hydrogen (secondary N) is 2. The number of rotatable bonds is 6. The quantitative estimate of drug-likeness (QED) is 0.357. The van der Waals surface area contributed by atoms with E-state index in [2.05, 4.69) is 15.6 Å².